The maximum atomic E-state index is 13.1. The molecule has 1 aliphatic heterocycles. The number of aromatic nitrogens is 1. The highest BCUT2D eigenvalue weighted by Crippen LogP contribution is 2.24. The van der Waals surface area contributed by atoms with Crippen molar-refractivity contribution in [1.82, 2.24) is 9.88 Å². The summed E-state index contributed by atoms with van der Waals surface area (Å²) >= 11 is 0. The van der Waals surface area contributed by atoms with Gasteiger partial charge in [0.2, 0.25) is 0 Å². The van der Waals surface area contributed by atoms with Crippen molar-refractivity contribution in [2.75, 3.05) is 6.54 Å². The van der Waals surface area contributed by atoms with Crippen molar-refractivity contribution in [1.29, 1.82) is 0 Å². The van der Waals surface area contributed by atoms with Crippen LogP contribution in [0.1, 0.15) is 21.5 Å². The minimum atomic E-state index is -0.342. The number of aromatic amines is 1. The molecule has 0 bridgehead atoms. The van der Waals surface area contributed by atoms with Crippen LogP contribution in [-0.2, 0) is 13.0 Å². The van der Waals surface area contributed by atoms with E-state index in [1.807, 2.05) is 48.5 Å². The molecule has 2 aromatic carbocycles. The van der Waals surface area contributed by atoms with E-state index in [1.165, 1.54) is 5.56 Å². The predicted octanol–water partition coefficient (Wildman–Crippen LogP) is 3.24. The summed E-state index contributed by atoms with van der Waals surface area (Å²) < 4.78 is 0. The highest BCUT2D eigenvalue weighted by molar-refractivity contribution is 6.00. The van der Waals surface area contributed by atoms with Crippen LogP contribution in [0.15, 0.2) is 71.7 Å². The quantitative estimate of drug-likeness (QED) is 0.784. The molecule has 4 nitrogen and oxygen atoms in total. The highest BCUT2D eigenvalue weighted by Gasteiger charge is 2.25. The number of hydrogen-bond donors (Lipinski definition) is 1. The number of fused-ring (bicyclic) bond motifs is 1. The first-order valence-electron chi connectivity index (χ1n) is 8.37. The van der Waals surface area contributed by atoms with E-state index >= 15 is 0 Å². The fourth-order valence-electron chi connectivity index (χ4n) is 3.38. The van der Waals surface area contributed by atoms with E-state index in [0.29, 0.717) is 18.7 Å². The van der Waals surface area contributed by atoms with Gasteiger partial charge < -0.3 is 9.88 Å². The van der Waals surface area contributed by atoms with Gasteiger partial charge in [0, 0.05) is 24.8 Å². The number of benzene rings is 2. The van der Waals surface area contributed by atoms with Crippen LogP contribution in [0.4, 0.5) is 0 Å². The van der Waals surface area contributed by atoms with Crippen molar-refractivity contribution in [3.63, 3.8) is 0 Å². The normalized spacial score (nSPS) is 13.4. The third-order valence-electron chi connectivity index (χ3n) is 4.68. The van der Waals surface area contributed by atoms with E-state index in [1.54, 1.807) is 17.2 Å². The third-order valence-corrected chi connectivity index (χ3v) is 4.68. The Kier molecular flexibility index (Phi) is 3.94. The first-order chi connectivity index (χ1) is 12.2. The highest BCUT2D eigenvalue weighted by atomic mass is 16.2. The van der Waals surface area contributed by atoms with Crippen molar-refractivity contribution in [2.45, 2.75) is 13.0 Å². The van der Waals surface area contributed by atoms with Crippen molar-refractivity contribution in [3.8, 4) is 11.1 Å². The number of hydrogen-bond acceptors (Lipinski definition) is 2. The predicted molar refractivity (Wildman–Crippen MR) is 97.4 cm³/mol. The van der Waals surface area contributed by atoms with Crippen LogP contribution in [-0.4, -0.2) is 22.3 Å². The van der Waals surface area contributed by atoms with Crippen LogP contribution >= 0.6 is 0 Å². The van der Waals surface area contributed by atoms with Crippen molar-refractivity contribution >= 4 is 5.91 Å². The molecule has 124 valence electrons. The standard InChI is InChI=1S/C21H18N2O2/c24-20-19(18(10-12-22-20)16-7-2-1-3-8-16)21(25)23-13-11-15-6-4-5-9-17(15)14-23/h1-10,12H,11,13-14H2,(H,22,24). The van der Waals surface area contributed by atoms with Gasteiger partial charge in [0.05, 0.1) is 0 Å². The summed E-state index contributed by atoms with van der Waals surface area (Å²) in [6, 6.07) is 19.5. The molecule has 0 unspecified atom stereocenters. The molecule has 3 aromatic rings. The number of carbonyl (C=O) groups is 1. The van der Waals surface area contributed by atoms with Crippen molar-refractivity contribution < 1.29 is 4.79 Å². The number of nitrogens with one attached hydrogen (secondary N) is 1. The second-order valence-corrected chi connectivity index (χ2v) is 6.21. The molecule has 1 aliphatic rings. The lowest BCUT2D eigenvalue weighted by atomic mass is 9.97. The zero-order valence-corrected chi connectivity index (χ0v) is 13.7. The van der Waals surface area contributed by atoms with Gasteiger partial charge in [-0.3, -0.25) is 9.59 Å². The van der Waals surface area contributed by atoms with Crippen LogP contribution < -0.4 is 5.56 Å². The van der Waals surface area contributed by atoms with Gasteiger partial charge in [-0.25, -0.2) is 0 Å². The Morgan fingerprint density at radius 3 is 2.44 bits per heavy atom. The monoisotopic (exact) mass is 330 g/mol. The molecule has 1 N–H and O–H groups in total. The Hall–Kier alpha value is -3.14. The fourth-order valence-corrected chi connectivity index (χ4v) is 3.38. The van der Waals surface area contributed by atoms with Crippen LogP contribution in [0.25, 0.3) is 11.1 Å². The molecular weight excluding hydrogens is 312 g/mol. The first kappa shape index (κ1) is 15.4. The van der Waals surface area contributed by atoms with Crippen LogP contribution in [0.3, 0.4) is 0 Å². The Bertz CT molecular complexity index is 976. The molecule has 1 aromatic heterocycles. The van der Waals surface area contributed by atoms with Crippen LogP contribution in [0, 0.1) is 0 Å². The first-order valence-corrected chi connectivity index (χ1v) is 8.37. The van der Waals surface area contributed by atoms with Gasteiger partial charge >= 0.3 is 0 Å². The number of rotatable bonds is 2. The van der Waals surface area contributed by atoms with Gasteiger partial charge in [-0.2, -0.15) is 0 Å². The average Bonchev–Trinajstić information content (AvgIpc) is 2.67. The molecule has 1 amide bonds. The molecule has 25 heavy (non-hydrogen) atoms. The van der Waals surface area contributed by atoms with Crippen molar-refractivity contribution in [3.05, 3.63) is 93.9 Å². The summed E-state index contributed by atoms with van der Waals surface area (Å²) in [6.45, 7) is 1.16. The molecule has 4 rings (SSSR count). The SMILES string of the molecule is O=C(c1c(-c2ccccc2)cc[nH]c1=O)N1CCc2ccccc2C1. The van der Waals surface area contributed by atoms with Crippen LogP contribution in [0.5, 0.6) is 0 Å². The summed E-state index contributed by atoms with van der Waals surface area (Å²) in [5, 5.41) is 0. The van der Waals surface area contributed by atoms with E-state index < -0.39 is 0 Å². The number of pyridine rings is 1. The molecule has 0 fully saturated rings. The van der Waals surface area contributed by atoms with Gasteiger partial charge in [0.1, 0.15) is 5.56 Å². The molecule has 0 saturated heterocycles. The second kappa shape index (κ2) is 6.40. The number of amides is 1. The third kappa shape index (κ3) is 2.87. The Morgan fingerprint density at radius 1 is 0.920 bits per heavy atom. The van der Waals surface area contributed by atoms with Gasteiger partial charge in [0.15, 0.2) is 0 Å². The number of H-pyrrole nitrogens is 1. The van der Waals surface area contributed by atoms with Gasteiger partial charge in [-0.1, -0.05) is 54.6 Å². The van der Waals surface area contributed by atoms with Gasteiger partial charge in [0.25, 0.3) is 11.5 Å². The molecular formula is C21H18N2O2. The second-order valence-electron chi connectivity index (χ2n) is 6.21. The maximum Gasteiger partial charge on any atom is 0.261 e. The Labute approximate surface area is 145 Å². The van der Waals surface area contributed by atoms with E-state index in [-0.39, 0.29) is 17.0 Å². The van der Waals surface area contributed by atoms with E-state index in [2.05, 4.69) is 11.1 Å². The Morgan fingerprint density at radius 2 is 1.64 bits per heavy atom. The lowest BCUT2D eigenvalue weighted by Gasteiger charge is -2.29. The van der Waals surface area contributed by atoms with E-state index in [0.717, 1.165) is 17.5 Å². The minimum absolute atomic E-state index is 0.213. The topological polar surface area (TPSA) is 53.2 Å². The molecule has 4 heteroatoms. The van der Waals surface area contributed by atoms with E-state index in [9.17, 15) is 9.59 Å². The van der Waals surface area contributed by atoms with Crippen molar-refractivity contribution in [2.24, 2.45) is 0 Å². The fraction of sp³-hybridized carbons (Fsp3) is 0.143. The maximum absolute atomic E-state index is 13.1. The molecule has 2 heterocycles. The lowest BCUT2D eigenvalue weighted by molar-refractivity contribution is 0.0733. The number of nitrogens with zero attached hydrogens (tertiary/aromatic N) is 1. The van der Waals surface area contributed by atoms with Gasteiger partial charge in [-0.05, 0) is 29.2 Å². The summed E-state index contributed by atoms with van der Waals surface area (Å²) in [4.78, 5) is 30.0. The van der Waals surface area contributed by atoms with E-state index in [4.69, 9.17) is 0 Å². The smallest absolute Gasteiger partial charge is 0.261 e. The summed E-state index contributed by atoms with van der Waals surface area (Å²) in [7, 11) is 0. The lowest BCUT2D eigenvalue weighted by Crippen LogP contribution is -2.38. The number of carbonyl (C=O) groups excluding carboxylic acids is 1. The zero-order valence-electron chi connectivity index (χ0n) is 13.7. The average molecular weight is 330 g/mol. The minimum Gasteiger partial charge on any atom is -0.334 e. The van der Waals surface area contributed by atoms with Gasteiger partial charge in [-0.15, -0.1) is 0 Å². The largest absolute Gasteiger partial charge is 0.334 e. The summed E-state index contributed by atoms with van der Waals surface area (Å²) in [6.07, 6.45) is 2.40. The molecule has 0 aliphatic carbocycles. The summed E-state index contributed by atoms with van der Waals surface area (Å²) in [5.41, 5.74) is 3.84. The molecule has 0 atom stereocenters. The summed E-state index contributed by atoms with van der Waals surface area (Å²) in [5.74, 6) is -0.213. The molecule has 0 saturated carbocycles. The molecule has 0 spiro atoms. The molecule has 0 radical (unpaired) electrons. The Balaban J connectivity index is 1.73. The van der Waals surface area contributed by atoms with Crippen LogP contribution in [0.2, 0.25) is 0 Å². The zero-order chi connectivity index (χ0) is 17.2.